The van der Waals surface area contributed by atoms with E-state index in [1.54, 1.807) is 38.1 Å². The number of amides is 3. The Morgan fingerprint density at radius 2 is 1.65 bits per heavy atom. The van der Waals surface area contributed by atoms with E-state index in [1.807, 2.05) is 44.2 Å². The van der Waals surface area contributed by atoms with Gasteiger partial charge in [-0.25, -0.2) is 4.79 Å². The summed E-state index contributed by atoms with van der Waals surface area (Å²) in [7, 11) is 0. The first-order valence-corrected chi connectivity index (χ1v) is 14.1. The second kappa shape index (κ2) is 11.9. The molecule has 0 unspecified atom stereocenters. The minimum absolute atomic E-state index is 0.0432. The quantitative estimate of drug-likeness (QED) is 0.209. The third kappa shape index (κ3) is 6.02. The van der Waals surface area contributed by atoms with Crippen molar-refractivity contribution in [3.05, 3.63) is 94.2 Å². The van der Waals surface area contributed by atoms with Crippen molar-refractivity contribution in [2.45, 2.75) is 33.2 Å². The molecular formula is C30H28N6O6S. The van der Waals surface area contributed by atoms with Crippen LogP contribution in [0, 0.1) is 6.92 Å². The number of para-hydroxylation sites is 1. The van der Waals surface area contributed by atoms with Gasteiger partial charge in [-0.1, -0.05) is 47.6 Å². The maximum absolute atomic E-state index is 13.5. The maximum atomic E-state index is 13.5. The number of rotatable bonds is 8. The average molecular weight is 601 g/mol. The molecule has 0 bridgehead atoms. The number of carbonyl (C=O) groups excluding carboxylic acids is 4. The molecule has 5 aromatic rings. The number of aromatic nitrogens is 3. The molecule has 12 nitrogen and oxygen atoms in total. The molecule has 0 fully saturated rings. The summed E-state index contributed by atoms with van der Waals surface area (Å²) in [6.45, 7) is 7.14. The highest BCUT2D eigenvalue weighted by molar-refractivity contribution is 7.20. The highest BCUT2D eigenvalue weighted by Gasteiger charge is 2.28. The normalized spacial score (nSPS) is 11.3. The van der Waals surface area contributed by atoms with Crippen LogP contribution >= 0.6 is 11.3 Å². The molecule has 0 spiro atoms. The molecular weight excluding hydrogens is 572 g/mol. The summed E-state index contributed by atoms with van der Waals surface area (Å²) in [5.74, 6) is -1.09. The standard InChI is InChI=1S/C30H28N6O6S/c1-5-41-29(40)36-28-20(15-23(43-28)27(39)34-30(3,4)18-11-7-6-8-12-18)24(35-36)33-25(37)19-13-9-10-14-22(19)32-26(38)21-16-31-42-17(21)2/h6-16H,5H2,1-4H3,(H,32,38)(H,34,39)(H,33,35,37). The molecule has 0 saturated heterocycles. The van der Waals surface area contributed by atoms with E-state index in [2.05, 4.69) is 26.2 Å². The predicted octanol–water partition coefficient (Wildman–Crippen LogP) is 5.57. The third-order valence-electron chi connectivity index (χ3n) is 6.59. The van der Waals surface area contributed by atoms with Crippen molar-refractivity contribution >= 4 is 56.9 Å². The number of fused-ring (bicyclic) bond motifs is 1. The topological polar surface area (TPSA) is 157 Å². The number of nitrogens with one attached hydrogen (secondary N) is 3. The van der Waals surface area contributed by atoms with Gasteiger partial charge in [-0.2, -0.15) is 4.68 Å². The largest absolute Gasteiger partial charge is 0.448 e. The van der Waals surface area contributed by atoms with Crippen LogP contribution in [0.3, 0.4) is 0 Å². The molecule has 13 heteroatoms. The van der Waals surface area contributed by atoms with E-state index in [4.69, 9.17) is 9.26 Å². The molecule has 0 radical (unpaired) electrons. The summed E-state index contributed by atoms with van der Waals surface area (Å²) in [4.78, 5) is 52.9. The highest BCUT2D eigenvalue weighted by atomic mass is 32.1. The molecule has 0 saturated carbocycles. The Morgan fingerprint density at radius 1 is 0.953 bits per heavy atom. The lowest BCUT2D eigenvalue weighted by Gasteiger charge is -2.26. The van der Waals surface area contributed by atoms with Gasteiger partial charge in [0, 0.05) is 0 Å². The Balaban J connectivity index is 1.45. The Hall–Kier alpha value is -5.30. The number of anilines is 2. The molecule has 3 heterocycles. The van der Waals surface area contributed by atoms with Gasteiger partial charge in [0.25, 0.3) is 17.7 Å². The van der Waals surface area contributed by atoms with Crippen molar-refractivity contribution in [2.75, 3.05) is 17.2 Å². The second-order valence-corrected chi connectivity index (χ2v) is 11.0. The van der Waals surface area contributed by atoms with Crippen molar-refractivity contribution in [1.29, 1.82) is 0 Å². The van der Waals surface area contributed by atoms with Crippen LogP contribution in [0.4, 0.5) is 16.3 Å². The van der Waals surface area contributed by atoms with Gasteiger partial charge in [0.15, 0.2) is 5.82 Å². The van der Waals surface area contributed by atoms with Crippen molar-refractivity contribution in [3.8, 4) is 0 Å². The first-order valence-electron chi connectivity index (χ1n) is 13.3. The van der Waals surface area contributed by atoms with Crippen LogP contribution in [-0.4, -0.2) is 45.4 Å². The van der Waals surface area contributed by atoms with Crippen LogP contribution in [0.2, 0.25) is 0 Å². The zero-order valence-electron chi connectivity index (χ0n) is 23.8. The van der Waals surface area contributed by atoms with Crippen molar-refractivity contribution in [3.63, 3.8) is 0 Å². The van der Waals surface area contributed by atoms with Crippen LogP contribution in [0.1, 0.15) is 62.5 Å². The number of benzene rings is 2. The number of nitrogens with zero attached hydrogens (tertiary/aromatic N) is 3. The van der Waals surface area contributed by atoms with Crippen LogP contribution in [0.15, 0.2) is 71.4 Å². The van der Waals surface area contributed by atoms with Gasteiger partial charge in [0.1, 0.15) is 16.2 Å². The van der Waals surface area contributed by atoms with Gasteiger partial charge >= 0.3 is 6.09 Å². The van der Waals surface area contributed by atoms with Gasteiger partial charge < -0.3 is 25.2 Å². The van der Waals surface area contributed by atoms with Crippen molar-refractivity contribution in [1.82, 2.24) is 20.3 Å². The SMILES string of the molecule is CCOC(=O)n1nc(NC(=O)c2ccccc2NC(=O)c2cnoc2C)c2cc(C(=O)NC(C)(C)c3ccccc3)sc21. The van der Waals surface area contributed by atoms with Gasteiger partial charge in [0.2, 0.25) is 0 Å². The Labute approximate surface area is 250 Å². The number of thiophene rings is 1. The molecule has 5 rings (SSSR count). The minimum atomic E-state index is -0.761. The van der Waals surface area contributed by atoms with Gasteiger partial charge in [-0.05, 0) is 51.5 Å². The highest BCUT2D eigenvalue weighted by Crippen LogP contribution is 2.33. The monoisotopic (exact) mass is 600 g/mol. The molecule has 0 aliphatic rings. The Kier molecular flexibility index (Phi) is 8.08. The lowest BCUT2D eigenvalue weighted by atomic mass is 9.94. The zero-order chi connectivity index (χ0) is 30.7. The van der Waals surface area contributed by atoms with Crippen molar-refractivity contribution < 1.29 is 28.4 Å². The van der Waals surface area contributed by atoms with Crippen LogP contribution in [0.25, 0.3) is 10.2 Å². The molecule has 3 amide bonds. The summed E-state index contributed by atoms with van der Waals surface area (Å²) in [5, 5.41) is 16.7. The van der Waals surface area contributed by atoms with Crippen LogP contribution < -0.4 is 16.0 Å². The third-order valence-corrected chi connectivity index (χ3v) is 7.70. The van der Waals surface area contributed by atoms with Crippen LogP contribution in [0.5, 0.6) is 0 Å². The van der Waals surface area contributed by atoms with E-state index in [1.165, 1.54) is 12.3 Å². The summed E-state index contributed by atoms with van der Waals surface area (Å²) in [6, 6.07) is 17.5. The van der Waals surface area contributed by atoms with E-state index in [0.717, 1.165) is 21.6 Å². The number of ether oxygens (including phenoxy) is 1. The first-order chi connectivity index (χ1) is 20.6. The molecule has 0 atom stereocenters. The lowest BCUT2D eigenvalue weighted by Crippen LogP contribution is -2.40. The number of hydrogen-bond donors (Lipinski definition) is 3. The second-order valence-electron chi connectivity index (χ2n) is 9.98. The lowest BCUT2D eigenvalue weighted by molar-refractivity contribution is 0.0915. The fourth-order valence-corrected chi connectivity index (χ4v) is 5.36. The van der Waals surface area contributed by atoms with E-state index in [0.29, 0.717) is 20.9 Å². The molecule has 43 heavy (non-hydrogen) atoms. The van der Waals surface area contributed by atoms with Gasteiger partial charge in [0.05, 0.1) is 39.9 Å². The fraction of sp³-hybridized carbons (Fsp3) is 0.200. The fourth-order valence-electron chi connectivity index (χ4n) is 4.36. The average Bonchev–Trinajstić information content (AvgIpc) is 3.70. The summed E-state index contributed by atoms with van der Waals surface area (Å²) < 4.78 is 11.1. The first kappa shape index (κ1) is 29.2. The smallest absolute Gasteiger partial charge is 0.436 e. The van der Waals surface area contributed by atoms with E-state index in [-0.39, 0.29) is 35.1 Å². The number of carbonyl (C=O) groups is 4. The van der Waals surface area contributed by atoms with Gasteiger partial charge in [-0.3, -0.25) is 14.4 Å². The molecule has 2 aromatic carbocycles. The molecule has 3 N–H and O–H groups in total. The van der Waals surface area contributed by atoms with Gasteiger partial charge in [-0.15, -0.1) is 16.4 Å². The Morgan fingerprint density at radius 3 is 2.35 bits per heavy atom. The summed E-state index contributed by atoms with van der Waals surface area (Å²) >= 11 is 1.04. The van der Waals surface area contributed by atoms with E-state index < -0.39 is 23.4 Å². The molecule has 0 aliphatic carbocycles. The summed E-state index contributed by atoms with van der Waals surface area (Å²) in [6.07, 6.45) is 0.528. The summed E-state index contributed by atoms with van der Waals surface area (Å²) in [5.41, 5.74) is 0.837. The van der Waals surface area contributed by atoms with E-state index >= 15 is 0 Å². The minimum Gasteiger partial charge on any atom is -0.448 e. The number of aryl methyl sites for hydroxylation is 1. The molecule has 220 valence electrons. The molecule has 3 aromatic heterocycles. The maximum Gasteiger partial charge on any atom is 0.436 e. The van der Waals surface area contributed by atoms with Crippen LogP contribution in [-0.2, 0) is 10.3 Å². The van der Waals surface area contributed by atoms with E-state index in [9.17, 15) is 19.2 Å². The Bertz CT molecular complexity index is 1840. The molecule has 0 aliphatic heterocycles. The van der Waals surface area contributed by atoms with Crippen molar-refractivity contribution in [2.24, 2.45) is 0 Å². The number of hydrogen-bond acceptors (Lipinski definition) is 9. The predicted molar refractivity (Wildman–Crippen MR) is 161 cm³/mol. The zero-order valence-corrected chi connectivity index (χ0v) is 24.6.